The van der Waals surface area contributed by atoms with Gasteiger partial charge in [-0.3, -0.25) is 0 Å². The van der Waals surface area contributed by atoms with Crippen LogP contribution in [0.25, 0.3) is 0 Å². The number of unbranched alkanes of at least 4 members (excludes halogenated alkanes) is 1. The molecule has 0 spiro atoms. The van der Waals surface area contributed by atoms with Crippen molar-refractivity contribution in [1.82, 2.24) is 9.80 Å². The molecule has 0 radical (unpaired) electrons. The summed E-state index contributed by atoms with van der Waals surface area (Å²) < 4.78 is 13.6. The third-order valence-corrected chi connectivity index (χ3v) is 7.42. The summed E-state index contributed by atoms with van der Waals surface area (Å²) in [6, 6.07) is 11.5. The smallest absolute Gasteiger partial charge is 0.173 e. The van der Waals surface area contributed by atoms with E-state index in [-0.39, 0.29) is 5.02 Å². The van der Waals surface area contributed by atoms with Crippen molar-refractivity contribution in [3.05, 3.63) is 58.4 Å². The van der Waals surface area contributed by atoms with Crippen LogP contribution in [-0.2, 0) is 13.0 Å². The predicted molar refractivity (Wildman–Crippen MR) is 152 cm³/mol. The molecule has 2 aromatic rings. The average Bonchev–Trinajstić information content (AvgIpc) is 2.86. The van der Waals surface area contributed by atoms with Gasteiger partial charge in [-0.2, -0.15) is 0 Å². The van der Waals surface area contributed by atoms with E-state index in [0.717, 1.165) is 58.7 Å². The minimum Gasteiger partial charge on any atom is -0.371 e. The molecule has 1 heterocycles. The summed E-state index contributed by atoms with van der Waals surface area (Å²) in [5.41, 5.74) is 4.80. The van der Waals surface area contributed by atoms with Crippen LogP contribution in [0.1, 0.15) is 57.6 Å². The van der Waals surface area contributed by atoms with E-state index in [0.29, 0.717) is 10.8 Å². The quantitative estimate of drug-likeness (QED) is 0.306. The number of aryl methyl sites for hydroxylation is 1. The lowest BCUT2D eigenvalue weighted by atomic mass is 9.98. The van der Waals surface area contributed by atoms with E-state index in [1.807, 2.05) is 0 Å². The van der Waals surface area contributed by atoms with Crippen LogP contribution in [0.2, 0.25) is 5.02 Å². The molecule has 0 aliphatic carbocycles. The molecule has 0 fully saturated rings. The molecular formula is C28H40ClFN4S. The molecule has 2 aromatic carbocycles. The number of anilines is 2. The van der Waals surface area contributed by atoms with E-state index in [9.17, 15) is 4.39 Å². The SMILES string of the molecule is CCCCN1CCCc2cc(CN(CCCN(CC)CC)C(=S)Nc3ccc(F)c(Cl)c3)ccc21. The standard InChI is InChI=1S/C28H40ClFN4S/c1-4-7-16-33-17-8-10-23-19-22(11-14-27(23)33)21-34(18-9-15-32(5-2)6-3)28(35)31-24-12-13-26(30)25(29)20-24/h11-14,19-20H,4-10,15-18,21H2,1-3H3,(H,31,35). The molecule has 0 saturated heterocycles. The minimum absolute atomic E-state index is 0.0909. The zero-order valence-corrected chi connectivity index (χ0v) is 23.0. The van der Waals surface area contributed by atoms with Crippen LogP contribution in [0.3, 0.4) is 0 Å². The van der Waals surface area contributed by atoms with Gasteiger partial charge in [0.1, 0.15) is 5.82 Å². The Morgan fingerprint density at radius 1 is 1.09 bits per heavy atom. The molecule has 1 N–H and O–H groups in total. The number of thiocarbonyl (C=S) groups is 1. The van der Waals surface area contributed by atoms with Gasteiger partial charge in [0.25, 0.3) is 0 Å². The van der Waals surface area contributed by atoms with Crippen LogP contribution in [0.5, 0.6) is 0 Å². The van der Waals surface area contributed by atoms with E-state index >= 15 is 0 Å². The maximum Gasteiger partial charge on any atom is 0.173 e. The number of nitrogens with zero attached hydrogens (tertiary/aromatic N) is 3. The molecule has 0 saturated carbocycles. The highest BCUT2D eigenvalue weighted by Crippen LogP contribution is 2.29. The first-order valence-electron chi connectivity index (χ1n) is 13.0. The summed E-state index contributed by atoms with van der Waals surface area (Å²) >= 11 is 11.8. The Bertz CT molecular complexity index is 966. The Labute approximate surface area is 221 Å². The first-order chi connectivity index (χ1) is 16.9. The van der Waals surface area contributed by atoms with Crippen LogP contribution in [-0.4, -0.2) is 54.2 Å². The number of rotatable bonds is 12. The van der Waals surface area contributed by atoms with Crippen LogP contribution >= 0.6 is 23.8 Å². The van der Waals surface area contributed by atoms with Crippen molar-refractivity contribution >= 4 is 40.3 Å². The lowest BCUT2D eigenvalue weighted by Gasteiger charge is -2.32. The minimum atomic E-state index is -0.429. The van der Waals surface area contributed by atoms with E-state index in [1.165, 1.54) is 42.1 Å². The zero-order chi connectivity index (χ0) is 25.2. The molecule has 0 atom stereocenters. The normalized spacial score (nSPS) is 13.1. The van der Waals surface area contributed by atoms with Crippen molar-refractivity contribution < 1.29 is 4.39 Å². The number of benzene rings is 2. The van der Waals surface area contributed by atoms with Gasteiger partial charge in [-0.05, 0) is 92.9 Å². The van der Waals surface area contributed by atoms with Crippen LogP contribution < -0.4 is 10.2 Å². The maximum absolute atomic E-state index is 13.6. The van der Waals surface area contributed by atoms with Crippen LogP contribution in [0.15, 0.2) is 36.4 Å². The second kappa shape index (κ2) is 14.0. The third kappa shape index (κ3) is 8.06. The Morgan fingerprint density at radius 2 is 1.89 bits per heavy atom. The number of fused-ring (bicyclic) bond motifs is 1. The van der Waals surface area contributed by atoms with Crippen molar-refractivity contribution in [2.75, 3.05) is 49.5 Å². The highest BCUT2D eigenvalue weighted by Gasteiger charge is 2.18. The van der Waals surface area contributed by atoms with Gasteiger partial charge in [0.15, 0.2) is 5.11 Å². The molecule has 7 heteroatoms. The zero-order valence-electron chi connectivity index (χ0n) is 21.5. The first-order valence-corrected chi connectivity index (χ1v) is 13.8. The van der Waals surface area contributed by atoms with Crippen molar-refractivity contribution in [3.63, 3.8) is 0 Å². The number of nitrogens with one attached hydrogen (secondary N) is 1. The summed E-state index contributed by atoms with van der Waals surface area (Å²) in [4.78, 5) is 7.19. The Hall–Kier alpha value is -1.89. The number of hydrogen-bond acceptors (Lipinski definition) is 3. The molecule has 0 unspecified atom stereocenters. The fourth-order valence-electron chi connectivity index (χ4n) is 4.68. The van der Waals surface area contributed by atoms with Gasteiger partial charge < -0.3 is 20.0 Å². The second-order valence-corrected chi connectivity index (χ2v) is 10.1. The van der Waals surface area contributed by atoms with Crippen molar-refractivity contribution in [1.29, 1.82) is 0 Å². The average molecular weight is 519 g/mol. The van der Waals surface area contributed by atoms with Crippen molar-refractivity contribution in [2.24, 2.45) is 0 Å². The Kier molecular flexibility index (Phi) is 11.1. The number of halogens is 2. The summed E-state index contributed by atoms with van der Waals surface area (Å²) in [5, 5.41) is 4.00. The highest BCUT2D eigenvalue weighted by atomic mass is 35.5. The highest BCUT2D eigenvalue weighted by molar-refractivity contribution is 7.80. The molecule has 0 aromatic heterocycles. The molecule has 192 valence electrons. The third-order valence-electron chi connectivity index (χ3n) is 6.77. The largest absolute Gasteiger partial charge is 0.371 e. The van der Waals surface area contributed by atoms with Gasteiger partial charge in [0, 0.05) is 37.6 Å². The van der Waals surface area contributed by atoms with Crippen LogP contribution in [0.4, 0.5) is 15.8 Å². The van der Waals surface area contributed by atoms with Gasteiger partial charge >= 0.3 is 0 Å². The van der Waals surface area contributed by atoms with E-state index in [2.05, 4.69) is 59.0 Å². The summed E-state index contributed by atoms with van der Waals surface area (Å²) in [6.07, 6.45) is 5.80. The lowest BCUT2D eigenvalue weighted by Crippen LogP contribution is -2.37. The van der Waals surface area contributed by atoms with Gasteiger partial charge in [-0.25, -0.2) is 4.39 Å². The molecular weight excluding hydrogens is 479 g/mol. The van der Waals surface area contributed by atoms with Gasteiger partial charge in [-0.15, -0.1) is 0 Å². The molecule has 1 aliphatic heterocycles. The summed E-state index contributed by atoms with van der Waals surface area (Å²) in [7, 11) is 0. The fraction of sp³-hybridized carbons (Fsp3) is 0.536. The van der Waals surface area contributed by atoms with Crippen molar-refractivity contribution in [3.8, 4) is 0 Å². The molecule has 0 bridgehead atoms. The topological polar surface area (TPSA) is 21.8 Å². The molecule has 1 aliphatic rings. The predicted octanol–water partition coefficient (Wildman–Crippen LogP) is 6.96. The molecule has 0 amide bonds. The monoisotopic (exact) mass is 518 g/mol. The van der Waals surface area contributed by atoms with E-state index in [1.54, 1.807) is 12.1 Å². The van der Waals surface area contributed by atoms with Gasteiger partial charge in [0.2, 0.25) is 0 Å². The second-order valence-electron chi connectivity index (χ2n) is 9.27. The lowest BCUT2D eigenvalue weighted by molar-refractivity contribution is 0.281. The van der Waals surface area contributed by atoms with Crippen LogP contribution in [0, 0.1) is 5.82 Å². The molecule has 35 heavy (non-hydrogen) atoms. The fourth-order valence-corrected chi connectivity index (χ4v) is 5.14. The Morgan fingerprint density at radius 3 is 2.60 bits per heavy atom. The van der Waals surface area contributed by atoms with Crippen molar-refractivity contribution in [2.45, 2.75) is 59.4 Å². The van der Waals surface area contributed by atoms with E-state index in [4.69, 9.17) is 23.8 Å². The van der Waals surface area contributed by atoms with E-state index < -0.39 is 5.82 Å². The van der Waals surface area contributed by atoms with Gasteiger partial charge in [0.05, 0.1) is 5.02 Å². The first kappa shape index (κ1) is 27.7. The summed E-state index contributed by atoms with van der Waals surface area (Å²) in [5.74, 6) is -0.429. The summed E-state index contributed by atoms with van der Waals surface area (Å²) in [6.45, 7) is 13.6. The van der Waals surface area contributed by atoms with Gasteiger partial charge in [-0.1, -0.05) is 50.9 Å². The number of hydrogen-bond donors (Lipinski definition) is 1. The Balaban J connectivity index is 1.74. The molecule has 4 nitrogen and oxygen atoms in total. The maximum atomic E-state index is 13.6. The molecule has 3 rings (SSSR count).